The average molecular weight is 283 g/mol. The molecule has 0 radical (unpaired) electrons. The molecule has 0 spiro atoms. The Hall–Kier alpha value is -2.17. The number of carbonyl (C=O) groups excluding carboxylic acids is 1. The number of hydrogen-bond acceptors (Lipinski definition) is 3. The van der Waals surface area contributed by atoms with Crippen LogP contribution in [0.4, 0.5) is 0 Å². The summed E-state index contributed by atoms with van der Waals surface area (Å²) in [6.07, 6.45) is 5.06. The molecule has 1 saturated carbocycles. The molecular formula is C16H17N3O2. The Labute approximate surface area is 122 Å². The Balaban J connectivity index is 1.80. The van der Waals surface area contributed by atoms with Gasteiger partial charge in [0.05, 0.1) is 10.9 Å². The largest absolute Gasteiger partial charge is 0.349 e. The topological polar surface area (TPSA) is 64.0 Å². The van der Waals surface area contributed by atoms with Gasteiger partial charge in [0.1, 0.15) is 5.82 Å². The van der Waals surface area contributed by atoms with Crippen molar-refractivity contribution in [1.82, 2.24) is 14.9 Å². The standard InChI is InChI=1S/C16H17N3O2/c20-15(17-11-5-6-11)10-4-7-12-13(9-10)18-14-3-1-2-8-19(14)16(12)21/h4,7,9,11H,1-3,5-6,8H2,(H,17,20). The summed E-state index contributed by atoms with van der Waals surface area (Å²) in [6, 6.07) is 5.52. The Bertz CT molecular complexity index is 790. The fourth-order valence-corrected chi connectivity index (χ4v) is 2.88. The summed E-state index contributed by atoms with van der Waals surface area (Å²) in [7, 11) is 0. The number of carbonyl (C=O) groups is 1. The predicted octanol–water partition coefficient (Wildman–Crippen LogP) is 1.62. The van der Waals surface area contributed by atoms with Crippen LogP contribution >= 0.6 is 0 Å². The average Bonchev–Trinajstić information content (AvgIpc) is 3.31. The molecule has 21 heavy (non-hydrogen) atoms. The lowest BCUT2D eigenvalue weighted by Gasteiger charge is -2.17. The van der Waals surface area contributed by atoms with Crippen molar-refractivity contribution in [2.75, 3.05) is 0 Å². The number of nitrogens with one attached hydrogen (secondary N) is 1. The van der Waals surface area contributed by atoms with Crippen molar-refractivity contribution in [2.24, 2.45) is 0 Å². The van der Waals surface area contributed by atoms with Gasteiger partial charge in [-0.1, -0.05) is 0 Å². The molecule has 2 heterocycles. The molecule has 2 aromatic rings. The van der Waals surface area contributed by atoms with E-state index in [0.717, 1.165) is 44.5 Å². The van der Waals surface area contributed by atoms with Crippen molar-refractivity contribution in [2.45, 2.75) is 44.7 Å². The molecule has 1 aliphatic heterocycles. The molecule has 2 aliphatic rings. The van der Waals surface area contributed by atoms with E-state index < -0.39 is 0 Å². The molecule has 0 atom stereocenters. The van der Waals surface area contributed by atoms with Gasteiger partial charge in [-0.3, -0.25) is 14.2 Å². The summed E-state index contributed by atoms with van der Waals surface area (Å²) in [6.45, 7) is 0.751. The van der Waals surface area contributed by atoms with Crippen LogP contribution < -0.4 is 10.9 Å². The van der Waals surface area contributed by atoms with E-state index in [0.29, 0.717) is 22.5 Å². The number of hydrogen-bond donors (Lipinski definition) is 1. The zero-order valence-corrected chi connectivity index (χ0v) is 11.8. The van der Waals surface area contributed by atoms with Gasteiger partial charge in [-0.05, 0) is 43.9 Å². The predicted molar refractivity (Wildman–Crippen MR) is 79.4 cm³/mol. The minimum absolute atomic E-state index is 0.0175. The Morgan fingerprint density at radius 3 is 2.95 bits per heavy atom. The summed E-state index contributed by atoms with van der Waals surface area (Å²) in [5.41, 5.74) is 1.24. The van der Waals surface area contributed by atoms with E-state index in [1.807, 2.05) is 0 Å². The van der Waals surface area contributed by atoms with E-state index in [2.05, 4.69) is 10.3 Å². The van der Waals surface area contributed by atoms with Crippen molar-refractivity contribution in [3.63, 3.8) is 0 Å². The van der Waals surface area contributed by atoms with E-state index in [1.54, 1.807) is 22.8 Å². The number of rotatable bonds is 2. The van der Waals surface area contributed by atoms with Crippen LogP contribution in [0.25, 0.3) is 10.9 Å². The van der Waals surface area contributed by atoms with Crippen LogP contribution in [0.3, 0.4) is 0 Å². The van der Waals surface area contributed by atoms with Crippen LogP contribution in [-0.4, -0.2) is 21.5 Å². The first-order valence-electron chi connectivity index (χ1n) is 7.57. The molecule has 1 amide bonds. The second-order valence-electron chi connectivity index (χ2n) is 5.92. The number of aryl methyl sites for hydroxylation is 1. The number of nitrogens with zero attached hydrogens (tertiary/aromatic N) is 2. The zero-order valence-electron chi connectivity index (χ0n) is 11.8. The first-order chi connectivity index (χ1) is 10.2. The zero-order chi connectivity index (χ0) is 14.4. The summed E-state index contributed by atoms with van der Waals surface area (Å²) < 4.78 is 1.77. The second-order valence-corrected chi connectivity index (χ2v) is 5.92. The third kappa shape index (κ3) is 2.22. The highest BCUT2D eigenvalue weighted by atomic mass is 16.1. The number of aromatic nitrogens is 2. The van der Waals surface area contributed by atoms with Crippen LogP contribution in [0.5, 0.6) is 0 Å². The fourth-order valence-electron chi connectivity index (χ4n) is 2.88. The molecule has 0 unspecified atom stereocenters. The van der Waals surface area contributed by atoms with Gasteiger partial charge >= 0.3 is 0 Å². The van der Waals surface area contributed by atoms with Gasteiger partial charge < -0.3 is 5.32 Å². The molecular weight excluding hydrogens is 266 g/mol. The van der Waals surface area contributed by atoms with Crippen LogP contribution in [0.15, 0.2) is 23.0 Å². The lowest BCUT2D eigenvalue weighted by molar-refractivity contribution is 0.0951. The van der Waals surface area contributed by atoms with Gasteiger partial charge in [0, 0.05) is 24.6 Å². The van der Waals surface area contributed by atoms with Crippen molar-refractivity contribution in [3.05, 3.63) is 39.9 Å². The molecule has 0 saturated heterocycles. The molecule has 1 aliphatic carbocycles. The third-order valence-corrected chi connectivity index (χ3v) is 4.24. The van der Waals surface area contributed by atoms with Gasteiger partial charge in [-0.2, -0.15) is 0 Å². The van der Waals surface area contributed by atoms with Gasteiger partial charge in [-0.25, -0.2) is 4.98 Å². The Morgan fingerprint density at radius 1 is 1.29 bits per heavy atom. The number of amides is 1. The minimum Gasteiger partial charge on any atom is -0.349 e. The molecule has 1 fully saturated rings. The van der Waals surface area contributed by atoms with Gasteiger partial charge in [0.15, 0.2) is 0 Å². The van der Waals surface area contributed by atoms with Gasteiger partial charge in [0.2, 0.25) is 0 Å². The minimum atomic E-state index is -0.0703. The molecule has 5 nitrogen and oxygen atoms in total. The maximum Gasteiger partial charge on any atom is 0.261 e. The van der Waals surface area contributed by atoms with Crippen molar-refractivity contribution in [3.8, 4) is 0 Å². The monoisotopic (exact) mass is 283 g/mol. The van der Waals surface area contributed by atoms with E-state index in [4.69, 9.17) is 0 Å². The normalized spacial score (nSPS) is 17.5. The van der Waals surface area contributed by atoms with Gasteiger partial charge in [0.25, 0.3) is 11.5 Å². The summed E-state index contributed by atoms with van der Waals surface area (Å²) >= 11 is 0. The smallest absolute Gasteiger partial charge is 0.261 e. The van der Waals surface area contributed by atoms with Crippen LogP contribution in [0.2, 0.25) is 0 Å². The highest BCUT2D eigenvalue weighted by Crippen LogP contribution is 2.20. The molecule has 108 valence electrons. The lowest BCUT2D eigenvalue weighted by atomic mass is 10.1. The first kappa shape index (κ1) is 12.6. The highest BCUT2D eigenvalue weighted by molar-refractivity contribution is 5.97. The molecule has 5 heteroatoms. The number of benzene rings is 1. The second kappa shape index (κ2) is 4.69. The molecule has 1 N–H and O–H groups in total. The summed E-state index contributed by atoms with van der Waals surface area (Å²) in [5, 5.41) is 3.56. The Morgan fingerprint density at radius 2 is 2.14 bits per heavy atom. The fraction of sp³-hybridized carbons (Fsp3) is 0.438. The highest BCUT2D eigenvalue weighted by Gasteiger charge is 2.24. The van der Waals surface area contributed by atoms with Crippen molar-refractivity contribution in [1.29, 1.82) is 0 Å². The van der Waals surface area contributed by atoms with E-state index in [9.17, 15) is 9.59 Å². The SMILES string of the molecule is O=C(NC1CC1)c1ccc2c(=O)n3c(nc2c1)CCCC3. The van der Waals surface area contributed by atoms with Crippen molar-refractivity contribution >= 4 is 16.8 Å². The van der Waals surface area contributed by atoms with E-state index >= 15 is 0 Å². The number of fused-ring (bicyclic) bond motifs is 2. The maximum absolute atomic E-state index is 12.5. The van der Waals surface area contributed by atoms with Crippen LogP contribution in [0.1, 0.15) is 41.9 Å². The van der Waals surface area contributed by atoms with Crippen molar-refractivity contribution < 1.29 is 4.79 Å². The lowest BCUT2D eigenvalue weighted by Crippen LogP contribution is -2.29. The van der Waals surface area contributed by atoms with Crippen LogP contribution in [0, 0.1) is 0 Å². The Kier molecular flexibility index (Phi) is 2.80. The van der Waals surface area contributed by atoms with Crippen LogP contribution in [-0.2, 0) is 13.0 Å². The third-order valence-electron chi connectivity index (χ3n) is 4.24. The van der Waals surface area contributed by atoms with E-state index in [-0.39, 0.29) is 11.5 Å². The molecule has 0 bridgehead atoms. The molecule has 1 aromatic carbocycles. The summed E-state index contributed by atoms with van der Waals surface area (Å²) in [4.78, 5) is 29.2. The first-order valence-corrected chi connectivity index (χ1v) is 7.57. The summed E-state index contributed by atoms with van der Waals surface area (Å²) in [5.74, 6) is 0.775. The molecule has 4 rings (SSSR count). The molecule has 1 aromatic heterocycles. The van der Waals surface area contributed by atoms with Gasteiger partial charge in [-0.15, -0.1) is 0 Å². The quantitative estimate of drug-likeness (QED) is 0.911. The van der Waals surface area contributed by atoms with E-state index in [1.165, 1.54) is 0 Å². The maximum atomic E-state index is 12.5.